The lowest BCUT2D eigenvalue weighted by molar-refractivity contribution is 0.153. The molecule has 0 bridgehead atoms. The first-order valence-electron chi connectivity index (χ1n) is 5.72. The molecule has 2 rings (SSSR count). The molecule has 2 nitrogen and oxygen atoms in total. The fraction of sp³-hybridized carbons (Fsp3) is 0.538. The van der Waals surface area contributed by atoms with Gasteiger partial charge in [-0.1, -0.05) is 30.7 Å². The van der Waals surface area contributed by atoms with Gasteiger partial charge in [0.2, 0.25) is 0 Å². The maximum atomic E-state index is 9.77. The van der Waals surface area contributed by atoms with Gasteiger partial charge in [-0.2, -0.15) is 0 Å². The molecule has 1 saturated carbocycles. The van der Waals surface area contributed by atoms with Crippen LogP contribution in [0.1, 0.15) is 49.3 Å². The molecular weight excluding hydrogens is 186 g/mol. The molecule has 0 heterocycles. The number of benzene rings is 1. The van der Waals surface area contributed by atoms with Gasteiger partial charge in [-0.25, -0.2) is 0 Å². The van der Waals surface area contributed by atoms with E-state index < -0.39 is 6.10 Å². The molecule has 1 fully saturated rings. The van der Waals surface area contributed by atoms with Crippen LogP contribution >= 0.6 is 0 Å². The molecule has 3 N–H and O–H groups in total. The second kappa shape index (κ2) is 4.33. The molecule has 0 amide bonds. The summed E-state index contributed by atoms with van der Waals surface area (Å²) in [4.78, 5) is 0. The zero-order chi connectivity index (χ0) is 10.8. The van der Waals surface area contributed by atoms with Crippen LogP contribution in [0.15, 0.2) is 24.3 Å². The molecule has 0 aliphatic heterocycles. The van der Waals surface area contributed by atoms with Crippen LogP contribution in [0, 0.1) is 0 Å². The molecule has 0 aromatic heterocycles. The lowest BCUT2D eigenvalue weighted by Gasteiger charge is -2.26. The third-order valence-electron chi connectivity index (χ3n) is 3.35. The Kier molecular flexibility index (Phi) is 3.08. The van der Waals surface area contributed by atoms with E-state index in [-0.39, 0.29) is 6.04 Å². The summed E-state index contributed by atoms with van der Waals surface area (Å²) in [5.74, 6) is 0.756. The molecule has 2 atom stereocenters. The maximum absolute atomic E-state index is 9.77. The van der Waals surface area contributed by atoms with Crippen molar-refractivity contribution in [1.82, 2.24) is 0 Å². The monoisotopic (exact) mass is 205 g/mol. The third kappa shape index (κ3) is 2.21. The average Bonchev–Trinajstić information content (AvgIpc) is 2.15. The first-order valence-corrected chi connectivity index (χ1v) is 5.72. The lowest BCUT2D eigenvalue weighted by Crippen LogP contribution is -2.24. The van der Waals surface area contributed by atoms with Gasteiger partial charge in [0, 0.05) is 6.04 Å². The quantitative estimate of drug-likeness (QED) is 0.795. The highest BCUT2D eigenvalue weighted by Crippen LogP contribution is 2.36. The molecule has 0 saturated heterocycles. The summed E-state index contributed by atoms with van der Waals surface area (Å²) in [6, 6.07) is 8.05. The predicted molar refractivity (Wildman–Crippen MR) is 61.6 cm³/mol. The van der Waals surface area contributed by atoms with Crippen LogP contribution in [-0.2, 0) is 0 Å². The predicted octanol–water partition coefficient (Wildman–Crippen LogP) is 2.33. The SMILES string of the molecule is CC(N)C(O)c1ccc(C2CCC2)cc1. The zero-order valence-corrected chi connectivity index (χ0v) is 9.19. The minimum absolute atomic E-state index is 0.209. The van der Waals surface area contributed by atoms with E-state index in [9.17, 15) is 5.11 Å². The standard InChI is InChI=1S/C13H19NO/c1-9(14)13(15)12-7-5-11(6-8-12)10-3-2-4-10/h5-10,13,15H,2-4,14H2,1H3. The summed E-state index contributed by atoms with van der Waals surface area (Å²) >= 11 is 0. The van der Waals surface area contributed by atoms with Gasteiger partial charge in [0.1, 0.15) is 0 Å². The van der Waals surface area contributed by atoms with Crippen LogP contribution in [0.2, 0.25) is 0 Å². The Labute approximate surface area is 91.1 Å². The summed E-state index contributed by atoms with van der Waals surface area (Å²) < 4.78 is 0. The maximum Gasteiger partial charge on any atom is 0.0938 e. The van der Waals surface area contributed by atoms with Gasteiger partial charge >= 0.3 is 0 Å². The second-order valence-electron chi connectivity index (χ2n) is 4.60. The fourth-order valence-corrected chi connectivity index (χ4v) is 2.01. The van der Waals surface area contributed by atoms with Crippen LogP contribution < -0.4 is 5.73 Å². The van der Waals surface area contributed by atoms with E-state index in [2.05, 4.69) is 12.1 Å². The first-order chi connectivity index (χ1) is 7.18. The number of hydrogen-bond acceptors (Lipinski definition) is 2. The van der Waals surface area contributed by atoms with Crippen molar-refractivity contribution in [1.29, 1.82) is 0 Å². The number of hydrogen-bond donors (Lipinski definition) is 2. The smallest absolute Gasteiger partial charge is 0.0938 e. The van der Waals surface area contributed by atoms with Crippen LogP contribution in [-0.4, -0.2) is 11.1 Å². The Balaban J connectivity index is 2.09. The largest absolute Gasteiger partial charge is 0.387 e. The van der Waals surface area contributed by atoms with E-state index >= 15 is 0 Å². The van der Waals surface area contributed by atoms with Crippen LogP contribution in [0.25, 0.3) is 0 Å². The minimum atomic E-state index is -0.541. The first kappa shape index (κ1) is 10.7. The molecule has 0 radical (unpaired) electrons. The Hall–Kier alpha value is -0.860. The highest BCUT2D eigenvalue weighted by Gasteiger charge is 2.19. The van der Waals surface area contributed by atoms with Gasteiger partial charge in [-0.3, -0.25) is 0 Å². The van der Waals surface area contributed by atoms with Crippen molar-refractivity contribution >= 4 is 0 Å². The molecule has 15 heavy (non-hydrogen) atoms. The van der Waals surface area contributed by atoms with Gasteiger partial charge < -0.3 is 10.8 Å². The Morgan fingerprint density at radius 2 is 1.87 bits per heavy atom. The molecular formula is C13H19NO. The van der Waals surface area contributed by atoms with Crippen LogP contribution in [0.5, 0.6) is 0 Å². The number of aliphatic hydroxyl groups is 1. The summed E-state index contributed by atoms with van der Waals surface area (Å²) in [6.45, 7) is 1.82. The van der Waals surface area contributed by atoms with Crippen molar-refractivity contribution in [2.24, 2.45) is 5.73 Å². The van der Waals surface area contributed by atoms with E-state index in [0.29, 0.717) is 0 Å². The normalized spacial score (nSPS) is 20.7. The Morgan fingerprint density at radius 3 is 2.27 bits per heavy atom. The molecule has 1 aliphatic carbocycles. The Bertz CT molecular complexity index is 314. The van der Waals surface area contributed by atoms with Crippen molar-refractivity contribution in [3.63, 3.8) is 0 Å². The highest BCUT2D eigenvalue weighted by atomic mass is 16.3. The number of aliphatic hydroxyl groups excluding tert-OH is 1. The van der Waals surface area contributed by atoms with Crippen molar-refractivity contribution in [3.05, 3.63) is 35.4 Å². The summed E-state index contributed by atoms with van der Waals surface area (Å²) in [7, 11) is 0. The summed E-state index contributed by atoms with van der Waals surface area (Å²) in [5.41, 5.74) is 7.98. The number of rotatable bonds is 3. The zero-order valence-electron chi connectivity index (χ0n) is 9.19. The molecule has 1 aliphatic rings. The molecule has 82 valence electrons. The van der Waals surface area contributed by atoms with Gasteiger partial charge in [-0.05, 0) is 36.8 Å². The van der Waals surface area contributed by atoms with E-state index in [0.717, 1.165) is 11.5 Å². The van der Waals surface area contributed by atoms with Crippen LogP contribution in [0.3, 0.4) is 0 Å². The highest BCUT2D eigenvalue weighted by molar-refractivity contribution is 5.28. The van der Waals surface area contributed by atoms with Gasteiger partial charge in [-0.15, -0.1) is 0 Å². The average molecular weight is 205 g/mol. The van der Waals surface area contributed by atoms with E-state index in [1.807, 2.05) is 19.1 Å². The van der Waals surface area contributed by atoms with Crippen LogP contribution in [0.4, 0.5) is 0 Å². The van der Waals surface area contributed by atoms with Crippen molar-refractivity contribution in [2.75, 3.05) is 0 Å². The minimum Gasteiger partial charge on any atom is -0.387 e. The van der Waals surface area contributed by atoms with E-state index in [4.69, 9.17) is 5.73 Å². The molecule has 1 aromatic rings. The molecule has 1 aromatic carbocycles. The molecule has 2 heteroatoms. The van der Waals surface area contributed by atoms with Crippen molar-refractivity contribution in [3.8, 4) is 0 Å². The lowest BCUT2D eigenvalue weighted by atomic mass is 9.80. The van der Waals surface area contributed by atoms with Gasteiger partial charge in [0.05, 0.1) is 6.10 Å². The van der Waals surface area contributed by atoms with E-state index in [1.165, 1.54) is 24.8 Å². The van der Waals surface area contributed by atoms with Crippen molar-refractivity contribution in [2.45, 2.75) is 44.2 Å². The molecule has 2 unspecified atom stereocenters. The fourth-order valence-electron chi connectivity index (χ4n) is 2.01. The summed E-state index contributed by atoms with van der Waals surface area (Å²) in [5, 5.41) is 9.77. The van der Waals surface area contributed by atoms with E-state index in [1.54, 1.807) is 0 Å². The van der Waals surface area contributed by atoms with Gasteiger partial charge in [0.25, 0.3) is 0 Å². The van der Waals surface area contributed by atoms with Crippen molar-refractivity contribution < 1.29 is 5.11 Å². The second-order valence-corrected chi connectivity index (χ2v) is 4.60. The number of nitrogens with two attached hydrogens (primary N) is 1. The Morgan fingerprint density at radius 1 is 1.27 bits per heavy atom. The third-order valence-corrected chi connectivity index (χ3v) is 3.35. The topological polar surface area (TPSA) is 46.2 Å². The summed E-state index contributed by atoms with van der Waals surface area (Å²) in [6.07, 6.45) is 3.44. The van der Waals surface area contributed by atoms with Gasteiger partial charge in [0.15, 0.2) is 0 Å². The molecule has 0 spiro atoms.